The van der Waals surface area contributed by atoms with Crippen LogP contribution in [0, 0.1) is 0 Å². The van der Waals surface area contributed by atoms with Crippen molar-refractivity contribution in [1.29, 1.82) is 0 Å². The highest BCUT2D eigenvalue weighted by Gasteiger charge is 2.22. The monoisotopic (exact) mass is 458 g/mol. The molecule has 0 unspecified atom stereocenters. The van der Waals surface area contributed by atoms with Crippen LogP contribution in [0.4, 0.5) is 10.5 Å². The quantitative estimate of drug-likeness (QED) is 0.330. The smallest absolute Gasteiger partial charge is 0.322 e. The number of carbonyl (C=O) groups is 1. The lowest BCUT2D eigenvalue weighted by Crippen LogP contribution is -2.36. The van der Waals surface area contributed by atoms with Gasteiger partial charge < -0.3 is 15.0 Å². The topological polar surface area (TPSA) is 41.6 Å². The molecule has 3 aromatic carbocycles. The summed E-state index contributed by atoms with van der Waals surface area (Å²) < 4.78 is 5.74. The predicted octanol–water partition coefficient (Wildman–Crippen LogP) is 7.96. The molecule has 0 aliphatic heterocycles. The maximum atomic E-state index is 13.4. The van der Waals surface area contributed by atoms with Crippen LogP contribution in [0.15, 0.2) is 78.9 Å². The van der Waals surface area contributed by atoms with Gasteiger partial charge in [-0.15, -0.1) is 0 Å². The molecule has 4 heteroatoms. The lowest BCUT2D eigenvalue weighted by molar-refractivity contribution is 0.189. The van der Waals surface area contributed by atoms with Crippen LogP contribution in [0.25, 0.3) is 0 Å². The van der Waals surface area contributed by atoms with E-state index in [4.69, 9.17) is 4.74 Å². The first-order valence-electron chi connectivity index (χ1n) is 12.2. The Bertz CT molecular complexity index is 1020. The first-order chi connectivity index (χ1) is 16.3. The fraction of sp³-hybridized carbons (Fsp3) is 0.367. The van der Waals surface area contributed by atoms with E-state index in [0.717, 1.165) is 35.4 Å². The van der Waals surface area contributed by atoms with Gasteiger partial charge in [-0.25, -0.2) is 4.79 Å². The summed E-state index contributed by atoms with van der Waals surface area (Å²) in [4.78, 5) is 15.3. The number of urea groups is 1. The van der Waals surface area contributed by atoms with Crippen molar-refractivity contribution in [2.75, 3.05) is 11.9 Å². The molecular weight excluding hydrogens is 420 g/mol. The summed E-state index contributed by atoms with van der Waals surface area (Å²) >= 11 is 0. The molecule has 0 radical (unpaired) electrons. The molecule has 0 saturated carbocycles. The molecular formula is C30H38N2O2. The van der Waals surface area contributed by atoms with E-state index in [2.05, 4.69) is 76.3 Å². The van der Waals surface area contributed by atoms with Crippen LogP contribution in [0.2, 0.25) is 0 Å². The second-order valence-corrected chi connectivity index (χ2v) is 9.82. The van der Waals surface area contributed by atoms with E-state index < -0.39 is 0 Å². The highest BCUT2D eigenvalue weighted by molar-refractivity contribution is 5.89. The summed E-state index contributed by atoms with van der Waals surface area (Å²) in [6, 6.07) is 26.1. The number of ether oxygens (including phenoxy) is 1. The van der Waals surface area contributed by atoms with Gasteiger partial charge in [0.1, 0.15) is 5.75 Å². The second-order valence-electron chi connectivity index (χ2n) is 9.82. The van der Waals surface area contributed by atoms with Crippen molar-refractivity contribution in [3.63, 3.8) is 0 Å². The molecule has 1 N–H and O–H groups in total. The van der Waals surface area contributed by atoms with Crippen molar-refractivity contribution >= 4 is 11.7 Å². The Balaban J connectivity index is 1.77. The average Bonchev–Trinajstić information content (AvgIpc) is 2.83. The summed E-state index contributed by atoms with van der Waals surface area (Å²) in [5.41, 5.74) is 4.33. The largest absolute Gasteiger partial charge is 0.494 e. The van der Waals surface area contributed by atoms with Crippen LogP contribution in [0.3, 0.4) is 0 Å². The van der Waals surface area contributed by atoms with Crippen molar-refractivity contribution < 1.29 is 9.53 Å². The number of nitrogens with zero attached hydrogens (tertiary/aromatic N) is 1. The Morgan fingerprint density at radius 3 is 2.18 bits per heavy atom. The molecule has 0 aliphatic carbocycles. The highest BCUT2D eigenvalue weighted by Crippen LogP contribution is 2.26. The lowest BCUT2D eigenvalue weighted by Gasteiger charge is -2.30. The van der Waals surface area contributed by atoms with Gasteiger partial charge in [-0.2, -0.15) is 0 Å². The lowest BCUT2D eigenvalue weighted by atomic mass is 9.86. The Hall–Kier alpha value is -3.27. The van der Waals surface area contributed by atoms with Crippen LogP contribution >= 0.6 is 0 Å². The molecule has 0 saturated heterocycles. The van der Waals surface area contributed by atoms with E-state index in [1.807, 2.05) is 47.4 Å². The SMILES string of the molecule is CCCCOc1ccc(NC(=O)N(Cc2ccc(C(C)(C)C)cc2)[C@H](C)c2ccccc2)cc1. The maximum absolute atomic E-state index is 13.4. The van der Waals surface area contributed by atoms with Crippen LogP contribution in [-0.4, -0.2) is 17.5 Å². The van der Waals surface area contributed by atoms with Crippen molar-refractivity contribution in [3.8, 4) is 5.75 Å². The normalized spacial score (nSPS) is 12.1. The minimum atomic E-state index is -0.129. The van der Waals surface area contributed by atoms with E-state index in [1.165, 1.54) is 5.56 Å². The molecule has 34 heavy (non-hydrogen) atoms. The average molecular weight is 459 g/mol. The number of anilines is 1. The summed E-state index contributed by atoms with van der Waals surface area (Å²) in [6.07, 6.45) is 2.13. The third kappa shape index (κ3) is 7.11. The Kier molecular flexibility index (Phi) is 8.75. The standard InChI is InChI=1S/C30H38N2O2/c1-6-7-21-34-28-19-17-27(18-20-28)31-29(33)32(23(2)25-11-9-8-10-12-25)22-24-13-15-26(16-14-24)30(3,4)5/h8-20,23H,6-7,21-22H2,1-5H3,(H,31,33)/t23-/m1/s1. The minimum absolute atomic E-state index is 0.0832. The number of hydrogen-bond acceptors (Lipinski definition) is 2. The van der Waals surface area contributed by atoms with Gasteiger partial charge >= 0.3 is 6.03 Å². The van der Waals surface area contributed by atoms with Crippen molar-refractivity contribution in [2.24, 2.45) is 0 Å². The predicted molar refractivity (Wildman–Crippen MR) is 141 cm³/mol. The zero-order valence-corrected chi connectivity index (χ0v) is 21.2. The summed E-state index contributed by atoms with van der Waals surface area (Å²) in [6.45, 7) is 12.1. The molecule has 1 atom stereocenters. The zero-order valence-electron chi connectivity index (χ0n) is 21.2. The van der Waals surface area contributed by atoms with Crippen molar-refractivity contribution in [1.82, 2.24) is 4.90 Å². The number of rotatable bonds is 9. The van der Waals surface area contributed by atoms with Crippen molar-refractivity contribution in [2.45, 2.75) is 65.5 Å². The van der Waals surface area contributed by atoms with E-state index in [9.17, 15) is 4.79 Å². The molecule has 0 aliphatic rings. The maximum Gasteiger partial charge on any atom is 0.322 e. The first kappa shape index (κ1) is 25.4. The van der Waals surface area contributed by atoms with Crippen LogP contribution in [0.1, 0.15) is 70.2 Å². The van der Waals surface area contributed by atoms with Gasteiger partial charge in [0.05, 0.1) is 12.6 Å². The molecule has 3 aromatic rings. The zero-order chi connectivity index (χ0) is 24.6. The number of hydrogen-bond donors (Lipinski definition) is 1. The van der Waals surface area contributed by atoms with Crippen LogP contribution < -0.4 is 10.1 Å². The fourth-order valence-corrected chi connectivity index (χ4v) is 3.77. The molecule has 0 bridgehead atoms. The molecule has 3 rings (SSSR count). The molecule has 0 spiro atoms. The third-order valence-corrected chi connectivity index (χ3v) is 6.06. The third-order valence-electron chi connectivity index (χ3n) is 6.06. The molecule has 4 nitrogen and oxygen atoms in total. The highest BCUT2D eigenvalue weighted by atomic mass is 16.5. The van der Waals surface area contributed by atoms with Crippen LogP contribution in [-0.2, 0) is 12.0 Å². The number of nitrogens with one attached hydrogen (secondary N) is 1. The van der Waals surface area contributed by atoms with Crippen molar-refractivity contribution in [3.05, 3.63) is 95.6 Å². The second kappa shape index (κ2) is 11.7. The minimum Gasteiger partial charge on any atom is -0.494 e. The Morgan fingerprint density at radius 2 is 1.59 bits per heavy atom. The molecule has 0 fully saturated rings. The van der Waals surface area contributed by atoms with E-state index in [-0.39, 0.29) is 17.5 Å². The molecule has 180 valence electrons. The Morgan fingerprint density at radius 1 is 0.941 bits per heavy atom. The summed E-state index contributed by atoms with van der Waals surface area (Å²) in [7, 11) is 0. The van der Waals surface area contributed by atoms with Crippen LogP contribution in [0.5, 0.6) is 5.75 Å². The van der Waals surface area contributed by atoms with Gasteiger partial charge in [0.25, 0.3) is 0 Å². The molecule has 0 aromatic heterocycles. The number of carbonyl (C=O) groups excluding carboxylic acids is 1. The van der Waals surface area contributed by atoms with Gasteiger partial charge in [0.15, 0.2) is 0 Å². The summed E-state index contributed by atoms with van der Waals surface area (Å²) in [5.74, 6) is 0.819. The molecule has 0 heterocycles. The number of amides is 2. The van der Waals surface area contributed by atoms with E-state index >= 15 is 0 Å². The van der Waals surface area contributed by atoms with Gasteiger partial charge in [0.2, 0.25) is 0 Å². The summed E-state index contributed by atoms with van der Waals surface area (Å²) in [5, 5.41) is 3.07. The van der Waals surface area contributed by atoms with E-state index in [1.54, 1.807) is 0 Å². The first-order valence-corrected chi connectivity index (χ1v) is 12.2. The van der Waals surface area contributed by atoms with Gasteiger partial charge in [-0.05, 0) is 59.7 Å². The van der Waals surface area contributed by atoms with Gasteiger partial charge in [-0.1, -0.05) is 88.7 Å². The van der Waals surface area contributed by atoms with Gasteiger partial charge in [-0.3, -0.25) is 0 Å². The van der Waals surface area contributed by atoms with E-state index in [0.29, 0.717) is 13.2 Å². The number of benzene rings is 3. The van der Waals surface area contributed by atoms with Gasteiger partial charge in [0, 0.05) is 12.2 Å². The molecule has 2 amide bonds. The fourth-order valence-electron chi connectivity index (χ4n) is 3.77. The number of unbranched alkanes of at least 4 members (excludes halogenated alkanes) is 1. The Labute approximate surface area is 205 Å².